The van der Waals surface area contributed by atoms with Gasteiger partial charge in [0.1, 0.15) is 0 Å². The fraction of sp³-hybridized carbons (Fsp3) is 0. The Morgan fingerprint density at radius 3 is 2.43 bits per heavy atom. The van der Waals surface area contributed by atoms with Gasteiger partial charge in [0.15, 0.2) is 7.85 Å². The van der Waals surface area contributed by atoms with Gasteiger partial charge in [0.25, 0.3) is 0 Å². The molecule has 0 aliphatic carbocycles. The Bertz CT molecular complexity index is 142. The van der Waals surface area contributed by atoms with Crippen molar-refractivity contribution >= 4 is 36.6 Å². The van der Waals surface area contributed by atoms with Crippen LogP contribution in [0.4, 0.5) is 0 Å². The summed E-state index contributed by atoms with van der Waals surface area (Å²) < 4.78 is 2.42. The standard InChI is InChI=1S/C4H5BS2/c5-3-1-2-4(6)7-3/h1-2,6H,5H2. The van der Waals surface area contributed by atoms with Crippen molar-refractivity contribution in [1.82, 2.24) is 0 Å². The number of thiophene rings is 1. The lowest BCUT2D eigenvalue weighted by Crippen LogP contribution is -1.88. The highest BCUT2D eigenvalue weighted by Crippen LogP contribution is 2.08. The van der Waals surface area contributed by atoms with Crippen LogP contribution >= 0.6 is 24.0 Å². The first-order valence-electron chi connectivity index (χ1n) is 2.04. The van der Waals surface area contributed by atoms with Gasteiger partial charge in [-0.15, -0.1) is 24.0 Å². The Kier molecular flexibility index (Phi) is 1.45. The Labute approximate surface area is 53.4 Å². The molecule has 0 unspecified atom stereocenters. The zero-order chi connectivity index (χ0) is 5.28. The molecule has 0 radical (unpaired) electrons. The highest BCUT2D eigenvalue weighted by molar-refractivity contribution is 7.83. The zero-order valence-corrected chi connectivity index (χ0v) is 5.72. The van der Waals surface area contributed by atoms with Gasteiger partial charge in [-0.1, -0.05) is 6.07 Å². The second-order valence-electron chi connectivity index (χ2n) is 1.38. The zero-order valence-electron chi connectivity index (χ0n) is 4.01. The van der Waals surface area contributed by atoms with E-state index >= 15 is 0 Å². The summed E-state index contributed by atoms with van der Waals surface area (Å²) >= 11 is 5.83. The summed E-state index contributed by atoms with van der Waals surface area (Å²) in [5.74, 6) is 0. The van der Waals surface area contributed by atoms with Crippen LogP contribution in [0.3, 0.4) is 0 Å². The van der Waals surface area contributed by atoms with E-state index in [0.717, 1.165) is 4.21 Å². The fourth-order valence-corrected chi connectivity index (χ4v) is 1.53. The summed E-state index contributed by atoms with van der Waals surface area (Å²) in [6.07, 6.45) is 0. The molecule has 0 aliphatic rings. The monoisotopic (exact) mass is 128 g/mol. The average molecular weight is 128 g/mol. The van der Waals surface area contributed by atoms with Crippen molar-refractivity contribution in [2.24, 2.45) is 0 Å². The van der Waals surface area contributed by atoms with Gasteiger partial charge >= 0.3 is 0 Å². The largest absolute Gasteiger partial charge is 0.152 e. The minimum absolute atomic E-state index is 1.09. The van der Waals surface area contributed by atoms with Crippen molar-refractivity contribution in [2.45, 2.75) is 4.21 Å². The Hall–Kier alpha value is 0.115. The maximum absolute atomic E-state index is 4.12. The van der Waals surface area contributed by atoms with Crippen molar-refractivity contribution in [3.05, 3.63) is 12.1 Å². The molecule has 0 bridgehead atoms. The van der Waals surface area contributed by atoms with Crippen LogP contribution in [0.25, 0.3) is 0 Å². The van der Waals surface area contributed by atoms with Crippen LogP contribution in [-0.4, -0.2) is 7.85 Å². The molecule has 0 spiro atoms. The van der Waals surface area contributed by atoms with E-state index in [2.05, 4.69) is 26.5 Å². The molecule has 0 saturated heterocycles. The van der Waals surface area contributed by atoms with Crippen LogP contribution < -0.4 is 4.78 Å². The van der Waals surface area contributed by atoms with E-state index < -0.39 is 0 Å². The lowest BCUT2D eigenvalue weighted by atomic mass is 10.1. The van der Waals surface area contributed by atoms with Crippen molar-refractivity contribution in [1.29, 1.82) is 0 Å². The van der Waals surface area contributed by atoms with Gasteiger partial charge < -0.3 is 0 Å². The van der Waals surface area contributed by atoms with Crippen molar-refractivity contribution in [2.75, 3.05) is 0 Å². The van der Waals surface area contributed by atoms with Crippen molar-refractivity contribution in [3.63, 3.8) is 0 Å². The van der Waals surface area contributed by atoms with Gasteiger partial charge in [-0.25, -0.2) is 0 Å². The highest BCUT2D eigenvalue weighted by Gasteiger charge is 1.85. The molecule has 0 saturated carbocycles. The Morgan fingerprint density at radius 1 is 1.57 bits per heavy atom. The molecule has 1 aromatic heterocycles. The van der Waals surface area contributed by atoms with Crippen molar-refractivity contribution < 1.29 is 0 Å². The number of hydrogen-bond donors (Lipinski definition) is 1. The minimum Gasteiger partial charge on any atom is -0.145 e. The highest BCUT2D eigenvalue weighted by atomic mass is 32.2. The van der Waals surface area contributed by atoms with E-state index in [4.69, 9.17) is 0 Å². The number of thiol groups is 1. The van der Waals surface area contributed by atoms with E-state index in [-0.39, 0.29) is 0 Å². The molecular formula is C4H5BS2. The van der Waals surface area contributed by atoms with Crippen LogP contribution in [0.1, 0.15) is 0 Å². The molecule has 0 fully saturated rings. The summed E-state index contributed by atoms with van der Waals surface area (Å²) in [4.78, 5) is 0. The third-order valence-electron chi connectivity index (χ3n) is 0.726. The van der Waals surface area contributed by atoms with E-state index in [1.807, 2.05) is 6.07 Å². The molecule has 0 aliphatic heterocycles. The second kappa shape index (κ2) is 1.93. The smallest absolute Gasteiger partial charge is 0.145 e. The van der Waals surface area contributed by atoms with Gasteiger partial charge in [-0.05, 0) is 10.8 Å². The summed E-state index contributed by atoms with van der Waals surface area (Å²) in [6.45, 7) is 0. The Balaban J connectivity index is 3.04. The predicted molar refractivity (Wildman–Crippen MR) is 39.7 cm³/mol. The molecule has 1 rings (SSSR count). The third-order valence-corrected chi connectivity index (χ3v) is 1.95. The predicted octanol–water partition coefficient (Wildman–Crippen LogP) is 0.295. The normalized spacial score (nSPS) is 9.29. The summed E-state index contributed by atoms with van der Waals surface area (Å²) in [6, 6.07) is 4.07. The van der Waals surface area contributed by atoms with Gasteiger partial charge in [-0.2, -0.15) is 0 Å². The van der Waals surface area contributed by atoms with Crippen LogP contribution in [-0.2, 0) is 0 Å². The first-order valence-corrected chi connectivity index (χ1v) is 3.31. The molecule has 1 aromatic rings. The van der Waals surface area contributed by atoms with E-state index in [1.165, 1.54) is 4.78 Å². The van der Waals surface area contributed by atoms with E-state index in [1.54, 1.807) is 11.3 Å². The maximum Gasteiger partial charge on any atom is 0.152 e. The Morgan fingerprint density at radius 2 is 2.29 bits per heavy atom. The minimum atomic E-state index is 1.09. The number of rotatable bonds is 0. The van der Waals surface area contributed by atoms with Gasteiger partial charge in [0.2, 0.25) is 0 Å². The molecule has 0 aromatic carbocycles. The van der Waals surface area contributed by atoms with Gasteiger partial charge in [-0.3, -0.25) is 0 Å². The van der Waals surface area contributed by atoms with Crippen LogP contribution in [0, 0.1) is 0 Å². The molecule has 0 nitrogen and oxygen atoms in total. The lowest BCUT2D eigenvalue weighted by Gasteiger charge is -1.70. The van der Waals surface area contributed by atoms with Gasteiger partial charge in [0.05, 0.1) is 4.21 Å². The molecule has 3 heteroatoms. The summed E-state index contributed by atoms with van der Waals surface area (Å²) in [7, 11) is 2.07. The quantitative estimate of drug-likeness (QED) is 0.377. The summed E-state index contributed by atoms with van der Waals surface area (Å²) in [5.41, 5.74) is 0. The average Bonchev–Trinajstić information content (AvgIpc) is 1.87. The topological polar surface area (TPSA) is 0 Å². The first-order chi connectivity index (χ1) is 3.29. The van der Waals surface area contributed by atoms with Crippen molar-refractivity contribution in [3.8, 4) is 0 Å². The molecule has 1 heterocycles. The molecule has 0 atom stereocenters. The number of hydrogen-bond acceptors (Lipinski definition) is 2. The molecule has 36 valence electrons. The summed E-state index contributed by atoms with van der Waals surface area (Å²) in [5, 5.41) is 0. The van der Waals surface area contributed by atoms with Crippen LogP contribution in [0.2, 0.25) is 0 Å². The van der Waals surface area contributed by atoms with Gasteiger partial charge in [0, 0.05) is 0 Å². The molecular weight excluding hydrogens is 123 g/mol. The lowest BCUT2D eigenvalue weighted by molar-refractivity contribution is 1.77. The molecule has 0 N–H and O–H groups in total. The second-order valence-corrected chi connectivity index (χ2v) is 3.46. The molecule has 0 amide bonds. The maximum atomic E-state index is 4.12. The van der Waals surface area contributed by atoms with E-state index in [0.29, 0.717) is 0 Å². The van der Waals surface area contributed by atoms with Crippen LogP contribution in [0.15, 0.2) is 16.3 Å². The fourth-order valence-electron chi connectivity index (χ4n) is 0.422. The SMILES string of the molecule is Bc1ccc(S)s1. The molecule has 7 heavy (non-hydrogen) atoms. The third kappa shape index (κ3) is 1.25. The first kappa shape index (κ1) is 5.26. The van der Waals surface area contributed by atoms with E-state index in [9.17, 15) is 0 Å². The van der Waals surface area contributed by atoms with Crippen LogP contribution in [0.5, 0.6) is 0 Å².